The van der Waals surface area contributed by atoms with Crippen LogP contribution in [0.25, 0.3) is 10.8 Å². The van der Waals surface area contributed by atoms with Crippen LogP contribution in [0.2, 0.25) is 0 Å². The van der Waals surface area contributed by atoms with Gasteiger partial charge in [0.05, 0.1) is 17.1 Å². The van der Waals surface area contributed by atoms with Crippen LogP contribution in [0.15, 0.2) is 47.4 Å². The highest BCUT2D eigenvalue weighted by atomic mass is 32.2. The molecule has 22 heavy (non-hydrogen) atoms. The minimum absolute atomic E-state index is 0.236. The van der Waals surface area contributed by atoms with Crippen LogP contribution >= 0.6 is 0 Å². The van der Waals surface area contributed by atoms with Gasteiger partial charge in [0, 0.05) is 27.3 Å². The summed E-state index contributed by atoms with van der Waals surface area (Å²) >= 11 is 0. The smallest absolute Gasteiger partial charge is 0.243 e. The van der Waals surface area contributed by atoms with Crippen LogP contribution in [0.3, 0.4) is 0 Å². The summed E-state index contributed by atoms with van der Waals surface area (Å²) in [6, 6.07) is 12.9. The molecule has 1 aliphatic heterocycles. The van der Waals surface area contributed by atoms with Crippen molar-refractivity contribution in [3.8, 4) is 0 Å². The summed E-state index contributed by atoms with van der Waals surface area (Å²) in [4.78, 5) is 0.304. The van der Waals surface area contributed by atoms with Crippen LogP contribution in [0, 0.1) is 0 Å². The minimum Gasteiger partial charge on any atom is -0.377 e. The molecule has 0 amide bonds. The van der Waals surface area contributed by atoms with Crippen LogP contribution in [0.1, 0.15) is 0 Å². The normalized spacial score (nSPS) is 23.2. The zero-order chi connectivity index (χ0) is 15.7. The van der Waals surface area contributed by atoms with Gasteiger partial charge in [0.2, 0.25) is 10.0 Å². The number of hydrogen-bond donors (Lipinski definition) is 0. The molecule has 5 nitrogen and oxygen atoms in total. The Balaban J connectivity index is 1.95. The Kier molecular flexibility index (Phi) is 4.18. The van der Waals surface area contributed by atoms with E-state index in [1.54, 1.807) is 26.4 Å². The van der Waals surface area contributed by atoms with Crippen LogP contribution in [0.5, 0.6) is 0 Å². The number of benzene rings is 2. The van der Waals surface area contributed by atoms with Crippen molar-refractivity contribution < 1.29 is 17.9 Å². The number of nitrogens with zero attached hydrogens (tertiary/aromatic N) is 1. The van der Waals surface area contributed by atoms with E-state index < -0.39 is 10.0 Å². The van der Waals surface area contributed by atoms with Gasteiger partial charge < -0.3 is 9.47 Å². The lowest BCUT2D eigenvalue weighted by atomic mass is 10.1. The molecule has 3 rings (SSSR count). The van der Waals surface area contributed by atoms with Gasteiger partial charge >= 0.3 is 0 Å². The minimum atomic E-state index is -3.54. The molecule has 0 aromatic heterocycles. The third-order valence-corrected chi connectivity index (χ3v) is 5.97. The molecule has 0 aliphatic carbocycles. The molecule has 1 heterocycles. The quantitative estimate of drug-likeness (QED) is 0.863. The zero-order valence-electron chi connectivity index (χ0n) is 12.6. The first-order valence-electron chi connectivity index (χ1n) is 7.11. The number of hydrogen-bond acceptors (Lipinski definition) is 4. The first kappa shape index (κ1) is 15.4. The predicted octanol–water partition coefficient (Wildman–Crippen LogP) is 1.87. The van der Waals surface area contributed by atoms with Crippen LogP contribution in [-0.2, 0) is 19.5 Å². The summed E-state index contributed by atoms with van der Waals surface area (Å²) in [5, 5.41) is 1.93. The van der Waals surface area contributed by atoms with Gasteiger partial charge in [-0.05, 0) is 22.9 Å². The average Bonchev–Trinajstić information content (AvgIpc) is 2.98. The maximum Gasteiger partial charge on any atom is 0.243 e. The lowest BCUT2D eigenvalue weighted by Gasteiger charge is -2.16. The number of rotatable bonds is 4. The Morgan fingerprint density at radius 1 is 0.955 bits per heavy atom. The SMILES string of the molecule is CO[C@H]1CN(S(=O)(=O)c2ccc3ccccc3c2)C[C@H]1OC. The third-order valence-electron chi connectivity index (χ3n) is 4.15. The largest absolute Gasteiger partial charge is 0.377 e. The Morgan fingerprint density at radius 3 is 2.14 bits per heavy atom. The zero-order valence-corrected chi connectivity index (χ0v) is 13.4. The molecule has 1 fully saturated rings. The van der Waals surface area contributed by atoms with Crippen molar-refractivity contribution in [3.63, 3.8) is 0 Å². The molecular formula is C16H19NO4S. The highest BCUT2D eigenvalue weighted by Gasteiger charge is 2.39. The van der Waals surface area contributed by atoms with Gasteiger partial charge in [0.25, 0.3) is 0 Å². The van der Waals surface area contributed by atoms with Gasteiger partial charge in [-0.15, -0.1) is 0 Å². The van der Waals surface area contributed by atoms with Crippen molar-refractivity contribution >= 4 is 20.8 Å². The van der Waals surface area contributed by atoms with Crippen molar-refractivity contribution in [2.24, 2.45) is 0 Å². The highest BCUT2D eigenvalue weighted by Crippen LogP contribution is 2.26. The summed E-state index contributed by atoms with van der Waals surface area (Å²) in [5.74, 6) is 0. The Morgan fingerprint density at radius 2 is 1.55 bits per heavy atom. The van der Waals surface area contributed by atoms with Gasteiger partial charge in [-0.25, -0.2) is 8.42 Å². The van der Waals surface area contributed by atoms with Gasteiger partial charge in [-0.2, -0.15) is 4.31 Å². The van der Waals surface area contributed by atoms with Crippen LogP contribution in [0.4, 0.5) is 0 Å². The molecule has 1 saturated heterocycles. The number of methoxy groups -OCH3 is 2. The van der Waals surface area contributed by atoms with Gasteiger partial charge in [0.1, 0.15) is 0 Å². The van der Waals surface area contributed by atoms with E-state index in [4.69, 9.17) is 9.47 Å². The molecule has 0 radical (unpaired) electrons. The van der Waals surface area contributed by atoms with Crippen molar-refractivity contribution in [3.05, 3.63) is 42.5 Å². The summed E-state index contributed by atoms with van der Waals surface area (Å²) in [6.07, 6.45) is -0.472. The standard InChI is InChI=1S/C16H19NO4S/c1-20-15-10-17(11-16(15)21-2)22(18,19)14-8-7-12-5-3-4-6-13(12)9-14/h3-9,15-16H,10-11H2,1-2H3/t15-,16+. The van der Waals surface area contributed by atoms with Crippen LogP contribution in [-0.4, -0.2) is 52.2 Å². The van der Waals surface area contributed by atoms with E-state index >= 15 is 0 Å². The molecule has 2 aromatic carbocycles. The molecule has 6 heteroatoms. The fourth-order valence-electron chi connectivity index (χ4n) is 2.84. The molecule has 2 aromatic rings. The summed E-state index contributed by atoms with van der Waals surface area (Å²) in [5.41, 5.74) is 0. The van der Waals surface area contributed by atoms with E-state index in [1.807, 2.05) is 30.3 Å². The van der Waals surface area contributed by atoms with Gasteiger partial charge in [0.15, 0.2) is 0 Å². The fraction of sp³-hybridized carbons (Fsp3) is 0.375. The Hall–Kier alpha value is -1.47. The number of sulfonamides is 1. The first-order valence-corrected chi connectivity index (χ1v) is 8.55. The monoisotopic (exact) mass is 321 g/mol. The molecule has 2 atom stereocenters. The van der Waals surface area contributed by atoms with Gasteiger partial charge in [-0.3, -0.25) is 0 Å². The second kappa shape index (κ2) is 5.96. The number of fused-ring (bicyclic) bond motifs is 1. The van der Waals surface area contributed by atoms with Crippen LogP contribution < -0.4 is 0 Å². The molecule has 0 unspecified atom stereocenters. The second-order valence-corrected chi connectivity index (χ2v) is 7.32. The molecule has 0 spiro atoms. The molecule has 118 valence electrons. The van der Waals surface area contributed by atoms with E-state index in [0.29, 0.717) is 18.0 Å². The molecular weight excluding hydrogens is 302 g/mol. The lowest BCUT2D eigenvalue weighted by molar-refractivity contribution is -0.00461. The predicted molar refractivity (Wildman–Crippen MR) is 84.3 cm³/mol. The van der Waals surface area contributed by atoms with Gasteiger partial charge in [-0.1, -0.05) is 30.3 Å². The Bertz CT molecular complexity index is 763. The maximum atomic E-state index is 12.8. The van der Waals surface area contributed by atoms with Crippen molar-refractivity contribution in [1.29, 1.82) is 0 Å². The number of ether oxygens (including phenoxy) is 2. The average molecular weight is 321 g/mol. The van der Waals surface area contributed by atoms with E-state index in [-0.39, 0.29) is 12.2 Å². The molecule has 1 aliphatic rings. The third kappa shape index (κ3) is 2.63. The van der Waals surface area contributed by atoms with E-state index in [2.05, 4.69) is 0 Å². The van der Waals surface area contributed by atoms with E-state index in [1.165, 1.54) is 4.31 Å². The molecule has 0 bridgehead atoms. The summed E-state index contributed by atoms with van der Waals surface area (Å²) in [6.45, 7) is 0.619. The second-order valence-electron chi connectivity index (χ2n) is 5.38. The molecule has 0 N–H and O–H groups in total. The molecule has 0 saturated carbocycles. The van der Waals surface area contributed by atoms with Crippen molar-refractivity contribution in [2.75, 3.05) is 27.3 Å². The van der Waals surface area contributed by atoms with E-state index in [9.17, 15) is 8.42 Å². The van der Waals surface area contributed by atoms with E-state index in [0.717, 1.165) is 10.8 Å². The van der Waals surface area contributed by atoms with Crippen molar-refractivity contribution in [2.45, 2.75) is 17.1 Å². The first-order chi connectivity index (χ1) is 10.6. The summed E-state index contributed by atoms with van der Waals surface area (Å²) in [7, 11) is -0.398. The Labute approximate surface area is 130 Å². The van der Waals surface area contributed by atoms with Crippen molar-refractivity contribution in [1.82, 2.24) is 4.31 Å². The maximum absolute atomic E-state index is 12.8. The lowest BCUT2D eigenvalue weighted by Crippen LogP contribution is -2.30. The highest BCUT2D eigenvalue weighted by molar-refractivity contribution is 7.89. The fourth-order valence-corrected chi connectivity index (χ4v) is 4.34. The summed E-state index contributed by atoms with van der Waals surface area (Å²) < 4.78 is 37.7. The topological polar surface area (TPSA) is 55.8 Å².